The lowest BCUT2D eigenvalue weighted by atomic mass is 10.2. The van der Waals surface area contributed by atoms with Gasteiger partial charge in [0.05, 0.1) is 7.11 Å². The summed E-state index contributed by atoms with van der Waals surface area (Å²) >= 11 is 0. The molecule has 0 radical (unpaired) electrons. The minimum atomic E-state index is 0.422. The molecule has 0 spiro atoms. The van der Waals surface area contributed by atoms with Gasteiger partial charge in [0.25, 0.3) is 0 Å². The Morgan fingerprint density at radius 1 is 1.16 bits per heavy atom. The zero-order valence-corrected chi connectivity index (χ0v) is 10.7. The maximum atomic E-state index is 5.81. The Balaban J connectivity index is 2.22. The van der Waals surface area contributed by atoms with E-state index in [0.717, 1.165) is 11.3 Å². The van der Waals surface area contributed by atoms with Crippen molar-refractivity contribution in [3.05, 3.63) is 36.2 Å². The molecule has 0 atom stereocenters. The average molecular weight is 255 g/mol. The molecule has 3 rings (SSSR count). The van der Waals surface area contributed by atoms with Gasteiger partial charge in [-0.25, -0.2) is 9.97 Å². The summed E-state index contributed by atoms with van der Waals surface area (Å²) in [6.07, 6.45) is 0. The maximum absolute atomic E-state index is 5.81. The van der Waals surface area contributed by atoms with Crippen LogP contribution < -0.4 is 10.5 Å². The molecule has 0 saturated heterocycles. The third kappa shape index (κ3) is 1.97. The molecule has 0 unspecified atom stereocenters. The second-order valence-corrected chi connectivity index (χ2v) is 4.16. The molecule has 2 heterocycles. The number of nitrogen functional groups attached to an aromatic ring is 1. The lowest BCUT2D eigenvalue weighted by Crippen LogP contribution is -2.01. The predicted octanol–water partition coefficient (Wildman–Crippen LogP) is 1.69. The molecule has 0 saturated carbocycles. The molecule has 0 fully saturated rings. The molecule has 1 aromatic carbocycles. The number of ether oxygens (including phenoxy) is 1. The molecule has 96 valence electrons. The van der Waals surface area contributed by atoms with Crippen molar-refractivity contribution in [3.63, 3.8) is 0 Å². The van der Waals surface area contributed by atoms with Gasteiger partial charge in [-0.15, -0.1) is 5.10 Å². The standard InChI is InChI=1S/C13H13N5O/c1-8-15-12-7-11(14)16-13(18(12)17-8)9-3-5-10(19-2)6-4-9/h3-7H,14H2,1-2H3. The number of nitrogens with zero attached hydrogens (tertiary/aromatic N) is 4. The second-order valence-electron chi connectivity index (χ2n) is 4.16. The van der Waals surface area contributed by atoms with Crippen molar-refractivity contribution >= 4 is 11.5 Å². The van der Waals surface area contributed by atoms with Crippen LogP contribution in [-0.2, 0) is 0 Å². The highest BCUT2D eigenvalue weighted by molar-refractivity contribution is 5.63. The molecule has 6 nitrogen and oxygen atoms in total. The molecule has 0 aliphatic rings. The second kappa shape index (κ2) is 4.24. The van der Waals surface area contributed by atoms with Crippen LogP contribution in [0.3, 0.4) is 0 Å². The van der Waals surface area contributed by atoms with Crippen molar-refractivity contribution in [1.82, 2.24) is 19.6 Å². The molecule has 0 bridgehead atoms. The molecule has 19 heavy (non-hydrogen) atoms. The number of methoxy groups -OCH3 is 1. The van der Waals surface area contributed by atoms with Gasteiger partial charge in [0.15, 0.2) is 11.5 Å². The topological polar surface area (TPSA) is 78.3 Å². The van der Waals surface area contributed by atoms with Gasteiger partial charge < -0.3 is 10.5 Å². The first-order valence-electron chi connectivity index (χ1n) is 5.82. The van der Waals surface area contributed by atoms with Gasteiger partial charge >= 0.3 is 0 Å². The van der Waals surface area contributed by atoms with Gasteiger partial charge in [-0.2, -0.15) is 4.52 Å². The number of fused-ring (bicyclic) bond motifs is 1. The number of nitrogens with two attached hydrogens (primary N) is 1. The Morgan fingerprint density at radius 3 is 2.58 bits per heavy atom. The summed E-state index contributed by atoms with van der Waals surface area (Å²) in [7, 11) is 1.63. The summed E-state index contributed by atoms with van der Waals surface area (Å²) in [5, 5.41) is 4.33. The van der Waals surface area contributed by atoms with E-state index in [2.05, 4.69) is 15.1 Å². The average Bonchev–Trinajstić information content (AvgIpc) is 2.78. The van der Waals surface area contributed by atoms with Gasteiger partial charge in [-0.3, -0.25) is 0 Å². The summed E-state index contributed by atoms with van der Waals surface area (Å²) in [6, 6.07) is 9.27. The Hall–Kier alpha value is -2.63. The first-order valence-corrected chi connectivity index (χ1v) is 5.82. The maximum Gasteiger partial charge on any atom is 0.165 e. The summed E-state index contributed by atoms with van der Waals surface area (Å²) < 4.78 is 6.83. The SMILES string of the molecule is COc1ccc(-c2nc(N)cc3nc(C)nn23)cc1. The Bertz CT molecular complexity index is 733. The number of hydrogen-bond donors (Lipinski definition) is 1. The van der Waals surface area contributed by atoms with Crippen LogP contribution in [0.15, 0.2) is 30.3 Å². The smallest absolute Gasteiger partial charge is 0.165 e. The summed E-state index contributed by atoms with van der Waals surface area (Å²) in [6.45, 7) is 1.83. The quantitative estimate of drug-likeness (QED) is 0.753. The molecule has 2 N–H and O–H groups in total. The molecule has 6 heteroatoms. The largest absolute Gasteiger partial charge is 0.497 e. The van der Waals surface area contributed by atoms with Gasteiger partial charge in [0.1, 0.15) is 17.4 Å². The first kappa shape index (κ1) is 11.5. The lowest BCUT2D eigenvalue weighted by Gasteiger charge is -2.05. The van der Waals surface area contributed by atoms with Crippen molar-refractivity contribution in [1.29, 1.82) is 0 Å². The van der Waals surface area contributed by atoms with E-state index in [1.807, 2.05) is 31.2 Å². The van der Waals surface area contributed by atoms with Crippen molar-refractivity contribution < 1.29 is 4.74 Å². The molecule has 0 amide bonds. The van der Waals surface area contributed by atoms with Crippen LogP contribution in [0.1, 0.15) is 5.82 Å². The minimum Gasteiger partial charge on any atom is -0.497 e. The van der Waals surface area contributed by atoms with E-state index >= 15 is 0 Å². The number of rotatable bonds is 2. The van der Waals surface area contributed by atoms with E-state index in [1.54, 1.807) is 17.7 Å². The number of aromatic nitrogens is 4. The number of anilines is 1. The van der Waals surface area contributed by atoms with Crippen molar-refractivity contribution in [2.45, 2.75) is 6.92 Å². The normalized spacial score (nSPS) is 10.8. The third-order valence-electron chi connectivity index (χ3n) is 2.80. The van der Waals surface area contributed by atoms with Crippen molar-refractivity contribution in [3.8, 4) is 17.1 Å². The van der Waals surface area contributed by atoms with Crippen LogP contribution in [0.25, 0.3) is 17.0 Å². The van der Waals surface area contributed by atoms with E-state index in [1.165, 1.54) is 0 Å². The molecule has 0 aliphatic heterocycles. The van der Waals surface area contributed by atoms with Gasteiger partial charge in [0.2, 0.25) is 0 Å². The molecular formula is C13H13N5O. The monoisotopic (exact) mass is 255 g/mol. The van der Waals surface area contributed by atoms with E-state index in [0.29, 0.717) is 23.1 Å². The van der Waals surface area contributed by atoms with Gasteiger partial charge in [0, 0.05) is 11.6 Å². The van der Waals surface area contributed by atoms with Crippen LogP contribution in [-0.4, -0.2) is 26.7 Å². The van der Waals surface area contributed by atoms with Crippen molar-refractivity contribution in [2.24, 2.45) is 0 Å². The number of hydrogen-bond acceptors (Lipinski definition) is 5. The minimum absolute atomic E-state index is 0.422. The summed E-state index contributed by atoms with van der Waals surface area (Å²) in [5.41, 5.74) is 7.41. The highest BCUT2D eigenvalue weighted by atomic mass is 16.5. The fourth-order valence-electron chi connectivity index (χ4n) is 1.94. The fourth-order valence-corrected chi connectivity index (χ4v) is 1.94. The predicted molar refractivity (Wildman–Crippen MR) is 71.9 cm³/mol. The molecule has 0 aliphatic carbocycles. The van der Waals surface area contributed by atoms with Crippen LogP contribution in [0.4, 0.5) is 5.82 Å². The van der Waals surface area contributed by atoms with E-state index in [9.17, 15) is 0 Å². The third-order valence-corrected chi connectivity index (χ3v) is 2.80. The van der Waals surface area contributed by atoms with E-state index in [4.69, 9.17) is 10.5 Å². The Kier molecular flexibility index (Phi) is 2.56. The number of benzene rings is 1. The van der Waals surface area contributed by atoms with Crippen LogP contribution >= 0.6 is 0 Å². The zero-order valence-electron chi connectivity index (χ0n) is 10.7. The molecular weight excluding hydrogens is 242 g/mol. The summed E-state index contributed by atoms with van der Waals surface area (Å²) in [5.74, 6) is 2.56. The Labute approximate surface area is 109 Å². The molecule has 3 aromatic rings. The first-order chi connectivity index (χ1) is 9.17. The molecule has 2 aromatic heterocycles. The Morgan fingerprint density at radius 2 is 1.89 bits per heavy atom. The summed E-state index contributed by atoms with van der Waals surface area (Å²) in [4.78, 5) is 8.64. The number of aryl methyl sites for hydroxylation is 1. The highest BCUT2D eigenvalue weighted by Gasteiger charge is 2.10. The lowest BCUT2D eigenvalue weighted by molar-refractivity contribution is 0.415. The van der Waals surface area contributed by atoms with E-state index < -0.39 is 0 Å². The van der Waals surface area contributed by atoms with Crippen LogP contribution in [0.5, 0.6) is 5.75 Å². The van der Waals surface area contributed by atoms with Gasteiger partial charge in [-0.05, 0) is 31.2 Å². The van der Waals surface area contributed by atoms with Gasteiger partial charge in [-0.1, -0.05) is 0 Å². The zero-order chi connectivity index (χ0) is 13.4. The van der Waals surface area contributed by atoms with Crippen molar-refractivity contribution in [2.75, 3.05) is 12.8 Å². The van der Waals surface area contributed by atoms with E-state index in [-0.39, 0.29) is 0 Å². The van der Waals surface area contributed by atoms with Crippen LogP contribution in [0, 0.1) is 6.92 Å². The fraction of sp³-hybridized carbons (Fsp3) is 0.154. The highest BCUT2D eigenvalue weighted by Crippen LogP contribution is 2.22. The van der Waals surface area contributed by atoms with Crippen LogP contribution in [0.2, 0.25) is 0 Å².